The minimum atomic E-state index is -0.880. The van der Waals surface area contributed by atoms with Gasteiger partial charge in [0.2, 0.25) is 11.8 Å². The van der Waals surface area contributed by atoms with E-state index >= 15 is 0 Å². The summed E-state index contributed by atoms with van der Waals surface area (Å²) < 4.78 is 31.3. The van der Waals surface area contributed by atoms with E-state index < -0.39 is 12.1 Å². The topological polar surface area (TPSA) is 107 Å². The molecule has 3 aromatic heterocycles. The molecule has 0 aliphatic carbocycles. The first-order valence-electron chi connectivity index (χ1n) is 8.95. The second-order valence-electron chi connectivity index (χ2n) is 6.42. The Labute approximate surface area is 170 Å². The maximum Gasteiger partial charge on any atom is 0.343 e. The van der Waals surface area contributed by atoms with Crippen molar-refractivity contribution in [2.45, 2.75) is 20.0 Å². The summed E-state index contributed by atoms with van der Waals surface area (Å²) in [6.07, 6.45) is 2.52. The number of halogens is 1. The van der Waals surface area contributed by atoms with Gasteiger partial charge in [0.05, 0.1) is 0 Å². The number of ether oxygens (including phenoxy) is 1. The summed E-state index contributed by atoms with van der Waals surface area (Å²) in [6, 6.07) is 11.1. The lowest BCUT2D eigenvalue weighted by Gasteiger charge is -2.09. The summed E-state index contributed by atoms with van der Waals surface area (Å²) in [6.45, 7) is 3.14. The summed E-state index contributed by atoms with van der Waals surface area (Å²) in [5.74, 6) is -0.419. The molecule has 3 heterocycles. The van der Waals surface area contributed by atoms with Crippen molar-refractivity contribution in [3.05, 3.63) is 77.4 Å². The highest BCUT2D eigenvalue weighted by Gasteiger charge is 2.28. The Hall–Kier alpha value is -4.19. The number of aryl methyl sites for hydroxylation is 1. The van der Waals surface area contributed by atoms with E-state index in [2.05, 4.69) is 10.2 Å². The molecule has 150 valence electrons. The molecule has 0 aliphatic heterocycles. The Kier molecular flexibility index (Phi) is 4.90. The summed E-state index contributed by atoms with van der Waals surface area (Å²) in [5, 5.41) is 17.4. The van der Waals surface area contributed by atoms with Crippen LogP contribution in [0.15, 0.2) is 57.6 Å². The van der Waals surface area contributed by atoms with E-state index in [0.29, 0.717) is 5.56 Å². The number of hydrogen-bond acceptors (Lipinski definition) is 7. The zero-order valence-electron chi connectivity index (χ0n) is 16.0. The zero-order chi connectivity index (χ0) is 21.3. The van der Waals surface area contributed by atoms with Gasteiger partial charge in [-0.15, -0.1) is 10.2 Å². The monoisotopic (exact) mass is 406 g/mol. The fourth-order valence-corrected chi connectivity index (χ4v) is 2.91. The fourth-order valence-electron chi connectivity index (χ4n) is 2.91. The van der Waals surface area contributed by atoms with Crippen LogP contribution in [0.5, 0.6) is 0 Å². The van der Waals surface area contributed by atoms with Crippen LogP contribution in [0.25, 0.3) is 17.3 Å². The van der Waals surface area contributed by atoms with Crippen molar-refractivity contribution in [2.75, 3.05) is 0 Å². The van der Waals surface area contributed by atoms with Crippen LogP contribution in [0.4, 0.5) is 4.39 Å². The molecular formula is C21H15FN4O4. The van der Waals surface area contributed by atoms with Crippen molar-refractivity contribution in [3.63, 3.8) is 0 Å². The van der Waals surface area contributed by atoms with E-state index in [1.807, 2.05) is 6.07 Å². The molecular weight excluding hydrogens is 391 g/mol. The Bertz CT molecular complexity index is 1230. The molecule has 0 amide bonds. The molecule has 1 atom stereocenters. The number of carbonyl (C=O) groups excluding carboxylic acids is 1. The molecule has 0 unspecified atom stereocenters. The van der Waals surface area contributed by atoms with Crippen LogP contribution in [0.3, 0.4) is 0 Å². The molecule has 0 N–H and O–H groups in total. The molecule has 0 radical (unpaired) electrons. The second-order valence-corrected chi connectivity index (χ2v) is 6.42. The molecule has 0 bridgehead atoms. The Morgan fingerprint density at radius 2 is 1.90 bits per heavy atom. The van der Waals surface area contributed by atoms with Gasteiger partial charge in [0.15, 0.2) is 6.10 Å². The highest BCUT2D eigenvalue weighted by molar-refractivity contribution is 5.94. The van der Waals surface area contributed by atoms with Gasteiger partial charge in [0.25, 0.3) is 5.89 Å². The summed E-state index contributed by atoms with van der Waals surface area (Å²) >= 11 is 0. The van der Waals surface area contributed by atoms with Crippen LogP contribution in [0.2, 0.25) is 0 Å². The third-order valence-electron chi connectivity index (χ3n) is 4.38. The lowest BCUT2D eigenvalue weighted by atomic mass is 10.1. The van der Waals surface area contributed by atoms with Gasteiger partial charge in [0, 0.05) is 18.0 Å². The molecule has 30 heavy (non-hydrogen) atoms. The zero-order valence-corrected chi connectivity index (χ0v) is 16.0. The van der Waals surface area contributed by atoms with Crippen molar-refractivity contribution < 1.29 is 22.8 Å². The number of furan rings is 1. The number of hydrogen-bond donors (Lipinski definition) is 0. The molecule has 8 nitrogen and oxygen atoms in total. The fraction of sp³-hybridized carbons (Fsp3) is 0.143. The van der Waals surface area contributed by atoms with Gasteiger partial charge in [-0.1, -0.05) is 0 Å². The van der Waals surface area contributed by atoms with Crippen LogP contribution in [-0.2, 0) is 4.74 Å². The van der Waals surface area contributed by atoms with Crippen molar-refractivity contribution in [1.82, 2.24) is 14.8 Å². The molecule has 0 saturated heterocycles. The third-order valence-corrected chi connectivity index (χ3v) is 4.38. The van der Waals surface area contributed by atoms with E-state index in [0.717, 1.165) is 0 Å². The smallest absolute Gasteiger partial charge is 0.343 e. The lowest BCUT2D eigenvalue weighted by Crippen LogP contribution is -2.11. The van der Waals surface area contributed by atoms with Crippen LogP contribution in [-0.4, -0.2) is 20.7 Å². The van der Waals surface area contributed by atoms with E-state index in [4.69, 9.17) is 13.6 Å². The Morgan fingerprint density at radius 3 is 2.57 bits per heavy atom. The first-order chi connectivity index (χ1) is 14.5. The highest BCUT2D eigenvalue weighted by atomic mass is 19.1. The second kappa shape index (κ2) is 7.67. The minimum Gasteiger partial charge on any atom is -0.449 e. The number of aromatic nitrogens is 3. The standard InChI is InChI=1S/C21H15FN4O4/c1-12-17(16(11-23)20(28-12)26-9-3-4-10-26)21(27)29-13(2)18-24-25-19(30-18)14-5-7-15(22)8-6-14/h3-10,13H,1-2H3/t13-/m0/s1. The van der Waals surface area contributed by atoms with Crippen LogP contribution in [0.1, 0.15) is 40.6 Å². The lowest BCUT2D eigenvalue weighted by molar-refractivity contribution is 0.0277. The number of nitrogens with zero attached hydrogens (tertiary/aromatic N) is 4. The van der Waals surface area contributed by atoms with E-state index in [-0.39, 0.29) is 40.4 Å². The number of nitriles is 1. The van der Waals surface area contributed by atoms with Crippen molar-refractivity contribution in [2.24, 2.45) is 0 Å². The summed E-state index contributed by atoms with van der Waals surface area (Å²) in [5.41, 5.74) is 0.632. The van der Waals surface area contributed by atoms with Gasteiger partial charge in [0.1, 0.15) is 28.8 Å². The highest BCUT2D eigenvalue weighted by Crippen LogP contribution is 2.28. The predicted molar refractivity (Wildman–Crippen MR) is 101 cm³/mol. The summed E-state index contributed by atoms with van der Waals surface area (Å²) in [4.78, 5) is 12.8. The van der Waals surface area contributed by atoms with Gasteiger partial charge in [-0.3, -0.25) is 4.57 Å². The first-order valence-corrected chi connectivity index (χ1v) is 8.95. The first kappa shape index (κ1) is 19.1. The molecule has 0 spiro atoms. The molecule has 4 aromatic rings. The maximum atomic E-state index is 13.1. The van der Waals surface area contributed by atoms with Gasteiger partial charge in [-0.2, -0.15) is 5.26 Å². The van der Waals surface area contributed by atoms with Gasteiger partial charge in [-0.25, -0.2) is 9.18 Å². The van der Waals surface area contributed by atoms with Crippen LogP contribution in [0, 0.1) is 24.1 Å². The van der Waals surface area contributed by atoms with E-state index in [9.17, 15) is 14.4 Å². The minimum absolute atomic E-state index is 0.0336. The normalized spacial score (nSPS) is 11.8. The quantitative estimate of drug-likeness (QED) is 0.453. The molecule has 9 heteroatoms. The van der Waals surface area contributed by atoms with Crippen LogP contribution >= 0.6 is 0 Å². The molecule has 0 saturated carbocycles. The Morgan fingerprint density at radius 1 is 1.20 bits per heavy atom. The molecule has 4 rings (SSSR count). The largest absolute Gasteiger partial charge is 0.449 e. The number of benzene rings is 1. The summed E-state index contributed by atoms with van der Waals surface area (Å²) in [7, 11) is 0. The SMILES string of the molecule is Cc1oc(-n2cccc2)c(C#N)c1C(=O)O[C@@H](C)c1nnc(-c2ccc(F)cc2)o1. The van der Waals surface area contributed by atoms with Crippen molar-refractivity contribution in [1.29, 1.82) is 5.26 Å². The average molecular weight is 406 g/mol. The van der Waals surface area contributed by atoms with Crippen molar-refractivity contribution in [3.8, 4) is 23.4 Å². The molecule has 0 fully saturated rings. The maximum absolute atomic E-state index is 13.1. The average Bonchev–Trinajstić information content (AvgIpc) is 3.47. The molecule has 1 aromatic carbocycles. The van der Waals surface area contributed by atoms with E-state index in [1.165, 1.54) is 24.3 Å². The predicted octanol–water partition coefficient (Wildman–Crippen LogP) is 4.36. The van der Waals surface area contributed by atoms with Gasteiger partial charge >= 0.3 is 5.97 Å². The van der Waals surface area contributed by atoms with Crippen LogP contribution < -0.4 is 0 Å². The Balaban J connectivity index is 1.56. The van der Waals surface area contributed by atoms with Gasteiger partial charge in [-0.05, 0) is 50.2 Å². The van der Waals surface area contributed by atoms with Crippen molar-refractivity contribution >= 4 is 5.97 Å². The number of esters is 1. The molecule has 0 aliphatic rings. The number of rotatable bonds is 5. The van der Waals surface area contributed by atoms with E-state index in [1.54, 1.807) is 42.9 Å². The van der Waals surface area contributed by atoms with Gasteiger partial charge < -0.3 is 13.6 Å². The number of carbonyl (C=O) groups is 1. The third kappa shape index (κ3) is 3.46.